The largest absolute Gasteiger partial charge is 0.487 e. The molecule has 234 valence electrons. The van der Waals surface area contributed by atoms with Gasteiger partial charge < -0.3 is 28.4 Å². The number of carbonyl (C=O) groups excluding carboxylic acids is 1. The minimum atomic E-state index is -0.643. The minimum absolute atomic E-state index is 0.0361. The highest BCUT2D eigenvalue weighted by molar-refractivity contribution is 5.66. The lowest BCUT2D eigenvalue weighted by Crippen LogP contribution is -2.56. The Bertz CT molecular complexity index is 1440. The van der Waals surface area contributed by atoms with Gasteiger partial charge in [0.15, 0.2) is 6.10 Å². The Hall–Kier alpha value is -4.27. The molecule has 1 heterocycles. The number of esters is 1. The number of hydrogen-bond acceptors (Lipinski definition) is 7. The molecular formula is C38H40O7. The van der Waals surface area contributed by atoms with Gasteiger partial charge in [0.25, 0.3) is 0 Å². The Morgan fingerprint density at radius 3 is 1.56 bits per heavy atom. The van der Waals surface area contributed by atoms with Gasteiger partial charge in [0, 0.05) is 6.92 Å². The summed E-state index contributed by atoms with van der Waals surface area (Å²) in [5.74, 6) is 0.131. The molecule has 0 bridgehead atoms. The fourth-order valence-corrected chi connectivity index (χ4v) is 5.11. The monoisotopic (exact) mass is 608 g/mol. The summed E-state index contributed by atoms with van der Waals surface area (Å²) in [6.45, 7) is 3.10. The number of hydrogen-bond donors (Lipinski definition) is 0. The normalized spacial score (nSPS) is 20.4. The fourth-order valence-electron chi connectivity index (χ4n) is 5.11. The van der Waals surface area contributed by atoms with E-state index in [0.717, 1.165) is 22.3 Å². The van der Waals surface area contributed by atoms with Crippen LogP contribution in [-0.2, 0) is 59.6 Å². The van der Waals surface area contributed by atoms with E-state index in [1.807, 2.05) is 121 Å². The minimum Gasteiger partial charge on any atom is -0.487 e. The predicted octanol–water partition coefficient (Wildman–Crippen LogP) is 6.81. The molecule has 4 atom stereocenters. The maximum absolute atomic E-state index is 11.6. The van der Waals surface area contributed by atoms with Crippen molar-refractivity contribution in [3.8, 4) is 0 Å². The van der Waals surface area contributed by atoms with Crippen LogP contribution in [0.3, 0.4) is 0 Å². The Balaban J connectivity index is 1.45. The van der Waals surface area contributed by atoms with Gasteiger partial charge in [-0.15, -0.1) is 0 Å². The Labute approximate surface area is 265 Å². The van der Waals surface area contributed by atoms with Crippen molar-refractivity contribution in [2.24, 2.45) is 0 Å². The number of benzene rings is 4. The molecule has 1 aliphatic heterocycles. The van der Waals surface area contributed by atoms with Crippen molar-refractivity contribution in [3.05, 3.63) is 155 Å². The third kappa shape index (κ3) is 10.1. The van der Waals surface area contributed by atoms with Crippen molar-refractivity contribution in [1.29, 1.82) is 0 Å². The van der Waals surface area contributed by atoms with Crippen LogP contribution in [0.4, 0.5) is 0 Å². The Morgan fingerprint density at radius 2 is 1.07 bits per heavy atom. The molecule has 45 heavy (non-hydrogen) atoms. The molecule has 0 saturated carbocycles. The summed E-state index contributed by atoms with van der Waals surface area (Å²) in [7, 11) is 0. The molecule has 4 aromatic carbocycles. The third-order valence-corrected chi connectivity index (χ3v) is 7.36. The lowest BCUT2D eigenvalue weighted by Gasteiger charge is -2.43. The molecule has 0 aliphatic carbocycles. The molecule has 7 nitrogen and oxygen atoms in total. The second kappa shape index (κ2) is 17.3. The molecule has 1 saturated heterocycles. The van der Waals surface area contributed by atoms with Gasteiger partial charge in [0.1, 0.15) is 30.7 Å². The number of ether oxygens (including phenoxy) is 6. The summed E-state index contributed by atoms with van der Waals surface area (Å²) in [5, 5.41) is 0. The van der Waals surface area contributed by atoms with Gasteiger partial charge in [-0.2, -0.15) is 0 Å². The Kier molecular flexibility index (Phi) is 12.3. The van der Waals surface area contributed by atoms with E-state index in [4.69, 9.17) is 28.4 Å². The van der Waals surface area contributed by atoms with Gasteiger partial charge in [0.05, 0.1) is 33.0 Å². The standard InChI is InChI=1S/C38H40O7/c1-29(39)41-23-22-34-36(42-25-31-16-8-3-9-17-31)38(44-27-33-20-12-5-13-21-33)37(43-26-32-18-10-4-11-19-32)35(45-34)28-40-24-30-14-6-2-7-15-30/h2-22,35-38H,23-28H2,1H3/b34-22+. The summed E-state index contributed by atoms with van der Waals surface area (Å²) < 4.78 is 38.0. The third-order valence-electron chi connectivity index (χ3n) is 7.36. The molecule has 1 fully saturated rings. The molecule has 5 rings (SSSR count). The summed E-state index contributed by atoms with van der Waals surface area (Å²) in [6, 6.07) is 39.9. The van der Waals surface area contributed by atoms with E-state index >= 15 is 0 Å². The zero-order chi connectivity index (χ0) is 31.1. The van der Waals surface area contributed by atoms with Crippen molar-refractivity contribution >= 4 is 5.97 Å². The lowest BCUT2D eigenvalue weighted by atomic mass is 9.96. The van der Waals surface area contributed by atoms with E-state index in [1.165, 1.54) is 6.92 Å². The second-order valence-electron chi connectivity index (χ2n) is 10.8. The first-order chi connectivity index (χ1) is 22.2. The van der Waals surface area contributed by atoms with Crippen LogP contribution in [0.2, 0.25) is 0 Å². The predicted molar refractivity (Wildman–Crippen MR) is 171 cm³/mol. The van der Waals surface area contributed by atoms with Gasteiger partial charge in [-0.1, -0.05) is 121 Å². The molecule has 0 aromatic heterocycles. The van der Waals surface area contributed by atoms with Crippen LogP contribution in [0.15, 0.2) is 133 Å². The molecule has 4 unspecified atom stereocenters. The van der Waals surface area contributed by atoms with Crippen LogP contribution in [-0.4, -0.2) is 43.6 Å². The van der Waals surface area contributed by atoms with Gasteiger partial charge in [-0.25, -0.2) is 0 Å². The van der Waals surface area contributed by atoms with Crippen molar-refractivity contribution in [2.75, 3.05) is 13.2 Å². The van der Waals surface area contributed by atoms with E-state index < -0.39 is 24.4 Å². The van der Waals surface area contributed by atoms with Gasteiger partial charge in [-0.3, -0.25) is 4.79 Å². The zero-order valence-electron chi connectivity index (χ0n) is 25.5. The molecule has 0 amide bonds. The first-order valence-electron chi connectivity index (χ1n) is 15.2. The van der Waals surface area contributed by atoms with Gasteiger partial charge in [-0.05, 0) is 28.3 Å². The van der Waals surface area contributed by atoms with E-state index in [1.54, 1.807) is 6.08 Å². The highest BCUT2D eigenvalue weighted by Gasteiger charge is 2.46. The van der Waals surface area contributed by atoms with Gasteiger partial charge >= 0.3 is 5.97 Å². The van der Waals surface area contributed by atoms with Crippen LogP contribution in [0.1, 0.15) is 29.2 Å². The maximum Gasteiger partial charge on any atom is 0.302 e. The van der Waals surface area contributed by atoms with E-state index in [-0.39, 0.29) is 19.2 Å². The molecule has 0 radical (unpaired) electrons. The molecular weight excluding hydrogens is 568 g/mol. The fraction of sp³-hybridized carbons (Fsp3) is 0.289. The van der Waals surface area contributed by atoms with Crippen molar-refractivity contribution < 1.29 is 33.2 Å². The van der Waals surface area contributed by atoms with Crippen LogP contribution in [0.5, 0.6) is 0 Å². The van der Waals surface area contributed by atoms with Crippen LogP contribution < -0.4 is 0 Å². The second-order valence-corrected chi connectivity index (χ2v) is 10.8. The highest BCUT2D eigenvalue weighted by Crippen LogP contribution is 2.33. The molecule has 0 N–H and O–H groups in total. The van der Waals surface area contributed by atoms with E-state index in [2.05, 4.69) is 0 Å². The molecule has 4 aromatic rings. The summed E-state index contributed by atoms with van der Waals surface area (Å²) >= 11 is 0. The van der Waals surface area contributed by atoms with Crippen molar-refractivity contribution in [3.63, 3.8) is 0 Å². The first-order valence-corrected chi connectivity index (χ1v) is 15.2. The van der Waals surface area contributed by atoms with Crippen molar-refractivity contribution in [2.45, 2.75) is 57.8 Å². The smallest absolute Gasteiger partial charge is 0.302 e. The SMILES string of the molecule is CC(=O)OC/C=C1/OC(COCc2ccccc2)C(OCc2ccccc2)C(OCc2ccccc2)C1OCc1ccccc1. The zero-order valence-corrected chi connectivity index (χ0v) is 25.5. The molecule has 1 aliphatic rings. The number of rotatable bonds is 15. The molecule has 0 spiro atoms. The summed E-state index contributed by atoms with van der Waals surface area (Å²) in [5.41, 5.74) is 4.12. The maximum atomic E-state index is 11.6. The average Bonchev–Trinajstić information content (AvgIpc) is 3.08. The number of carbonyl (C=O) groups is 1. The van der Waals surface area contributed by atoms with Crippen molar-refractivity contribution in [1.82, 2.24) is 0 Å². The van der Waals surface area contributed by atoms with Gasteiger partial charge in [0.2, 0.25) is 0 Å². The van der Waals surface area contributed by atoms with Crippen LogP contribution >= 0.6 is 0 Å². The molecule has 7 heteroatoms. The lowest BCUT2D eigenvalue weighted by molar-refractivity contribution is -0.223. The van der Waals surface area contributed by atoms with E-state index in [0.29, 0.717) is 32.2 Å². The van der Waals surface area contributed by atoms with E-state index in [9.17, 15) is 4.79 Å². The topological polar surface area (TPSA) is 72.5 Å². The van der Waals surface area contributed by atoms with Crippen LogP contribution in [0, 0.1) is 0 Å². The first kappa shape index (κ1) is 32.1. The quantitative estimate of drug-likeness (QED) is 0.137. The summed E-state index contributed by atoms with van der Waals surface area (Å²) in [4.78, 5) is 11.6. The highest BCUT2D eigenvalue weighted by atomic mass is 16.6. The Morgan fingerprint density at radius 1 is 0.622 bits per heavy atom. The van der Waals surface area contributed by atoms with Crippen LogP contribution in [0.25, 0.3) is 0 Å². The summed E-state index contributed by atoms with van der Waals surface area (Å²) in [6.07, 6.45) is -0.543. The average molecular weight is 609 g/mol.